The average molecular weight is 281 g/mol. The summed E-state index contributed by atoms with van der Waals surface area (Å²) in [5.41, 5.74) is 3.65. The summed E-state index contributed by atoms with van der Waals surface area (Å²) in [4.78, 5) is 25.3. The van der Waals surface area contributed by atoms with Gasteiger partial charge < -0.3 is 10.0 Å². The van der Waals surface area contributed by atoms with Crippen LogP contribution in [0.2, 0.25) is 0 Å². The number of aryl methyl sites for hydroxylation is 1. The summed E-state index contributed by atoms with van der Waals surface area (Å²) in [6.07, 6.45) is 0.757. The Balaban J connectivity index is 1.96. The third-order valence-electron chi connectivity index (χ3n) is 3.77. The van der Waals surface area contributed by atoms with Crippen molar-refractivity contribution in [3.05, 3.63) is 64.7 Å². The van der Waals surface area contributed by atoms with E-state index < -0.39 is 5.97 Å². The molecule has 4 heteroatoms. The first-order chi connectivity index (χ1) is 10.1. The number of hydrogen-bond donors (Lipinski definition) is 1. The van der Waals surface area contributed by atoms with Gasteiger partial charge in [0.25, 0.3) is 5.91 Å². The van der Waals surface area contributed by atoms with Gasteiger partial charge in [-0.2, -0.15) is 0 Å². The third kappa shape index (κ3) is 2.40. The van der Waals surface area contributed by atoms with Crippen molar-refractivity contribution in [2.24, 2.45) is 0 Å². The number of carbonyl (C=O) groups is 2. The van der Waals surface area contributed by atoms with Crippen molar-refractivity contribution < 1.29 is 14.7 Å². The lowest BCUT2D eigenvalue weighted by Crippen LogP contribution is -2.28. The molecule has 0 bridgehead atoms. The number of carboxylic acids is 1. The van der Waals surface area contributed by atoms with E-state index in [1.165, 1.54) is 0 Å². The zero-order chi connectivity index (χ0) is 15.0. The number of hydrogen-bond acceptors (Lipinski definition) is 2. The van der Waals surface area contributed by atoms with Crippen molar-refractivity contribution in [3.8, 4) is 0 Å². The molecule has 21 heavy (non-hydrogen) atoms. The highest BCUT2D eigenvalue weighted by Gasteiger charge is 2.26. The summed E-state index contributed by atoms with van der Waals surface area (Å²) >= 11 is 0. The zero-order valence-electron chi connectivity index (χ0n) is 11.7. The molecule has 0 aliphatic carbocycles. The number of aromatic carboxylic acids is 1. The van der Waals surface area contributed by atoms with E-state index in [2.05, 4.69) is 0 Å². The van der Waals surface area contributed by atoms with Crippen LogP contribution in [0.5, 0.6) is 0 Å². The van der Waals surface area contributed by atoms with Crippen molar-refractivity contribution in [3.63, 3.8) is 0 Å². The maximum atomic E-state index is 12.6. The Hall–Kier alpha value is -2.62. The fourth-order valence-electron chi connectivity index (χ4n) is 2.58. The number of anilines is 1. The average Bonchev–Trinajstić information content (AvgIpc) is 2.90. The van der Waals surface area contributed by atoms with Crippen LogP contribution in [0.1, 0.15) is 31.8 Å². The number of carboxylic acid groups (broad SMARTS) is 1. The number of amides is 1. The Morgan fingerprint density at radius 1 is 1.05 bits per heavy atom. The smallest absolute Gasteiger partial charge is 0.335 e. The van der Waals surface area contributed by atoms with E-state index in [1.807, 2.05) is 19.1 Å². The maximum absolute atomic E-state index is 12.6. The summed E-state index contributed by atoms with van der Waals surface area (Å²) < 4.78 is 0. The minimum absolute atomic E-state index is 0.0868. The SMILES string of the molecule is Cc1ccc(C(=O)N2CCc3ccc(C(=O)O)cc32)cc1. The monoisotopic (exact) mass is 281 g/mol. The lowest BCUT2D eigenvalue weighted by atomic mass is 10.1. The number of fused-ring (bicyclic) bond motifs is 1. The van der Waals surface area contributed by atoms with Gasteiger partial charge in [-0.25, -0.2) is 4.79 Å². The molecule has 3 rings (SSSR count). The molecule has 0 aromatic heterocycles. The second-order valence-electron chi connectivity index (χ2n) is 5.22. The van der Waals surface area contributed by atoms with Gasteiger partial charge in [0.1, 0.15) is 0 Å². The fourth-order valence-corrected chi connectivity index (χ4v) is 2.58. The minimum Gasteiger partial charge on any atom is -0.478 e. The summed E-state index contributed by atoms with van der Waals surface area (Å²) in [5.74, 6) is -1.07. The summed E-state index contributed by atoms with van der Waals surface area (Å²) in [6.45, 7) is 2.56. The van der Waals surface area contributed by atoms with Gasteiger partial charge in [0, 0.05) is 17.8 Å². The van der Waals surface area contributed by atoms with Crippen LogP contribution in [0.25, 0.3) is 0 Å². The quantitative estimate of drug-likeness (QED) is 0.920. The molecule has 0 saturated carbocycles. The topological polar surface area (TPSA) is 57.6 Å². The number of carbonyl (C=O) groups excluding carboxylic acids is 1. The lowest BCUT2D eigenvalue weighted by Gasteiger charge is -2.18. The van der Waals surface area contributed by atoms with Gasteiger partial charge >= 0.3 is 5.97 Å². The van der Waals surface area contributed by atoms with Gasteiger partial charge in [-0.1, -0.05) is 23.8 Å². The lowest BCUT2D eigenvalue weighted by molar-refractivity contribution is 0.0696. The van der Waals surface area contributed by atoms with Crippen LogP contribution >= 0.6 is 0 Å². The molecule has 2 aromatic carbocycles. The summed E-state index contributed by atoms with van der Waals surface area (Å²) in [7, 11) is 0. The van der Waals surface area contributed by atoms with E-state index in [4.69, 9.17) is 5.11 Å². The molecule has 1 aliphatic rings. The summed E-state index contributed by atoms with van der Waals surface area (Å²) in [5, 5.41) is 9.09. The molecule has 1 heterocycles. The van der Waals surface area contributed by atoms with Crippen LogP contribution in [0.15, 0.2) is 42.5 Å². The predicted molar refractivity (Wildman–Crippen MR) is 80.0 cm³/mol. The molecule has 0 radical (unpaired) electrons. The molecule has 1 aliphatic heterocycles. The van der Waals surface area contributed by atoms with Gasteiger partial charge in [-0.3, -0.25) is 4.79 Å². The van der Waals surface area contributed by atoms with Crippen LogP contribution in [0.3, 0.4) is 0 Å². The van der Waals surface area contributed by atoms with Crippen LogP contribution in [-0.2, 0) is 6.42 Å². The highest BCUT2D eigenvalue weighted by molar-refractivity contribution is 6.07. The number of rotatable bonds is 2. The van der Waals surface area contributed by atoms with Gasteiger partial charge in [-0.15, -0.1) is 0 Å². The van der Waals surface area contributed by atoms with Crippen LogP contribution < -0.4 is 4.90 Å². The van der Waals surface area contributed by atoms with Crippen LogP contribution in [0, 0.1) is 6.92 Å². The number of nitrogens with zero attached hydrogens (tertiary/aromatic N) is 1. The van der Waals surface area contributed by atoms with Gasteiger partial charge in [0.05, 0.1) is 5.56 Å². The first-order valence-electron chi connectivity index (χ1n) is 6.81. The second kappa shape index (κ2) is 5.05. The zero-order valence-corrected chi connectivity index (χ0v) is 11.7. The summed E-state index contributed by atoms with van der Waals surface area (Å²) in [6, 6.07) is 12.4. The minimum atomic E-state index is -0.979. The van der Waals surface area contributed by atoms with Crippen molar-refractivity contribution >= 4 is 17.6 Å². The molecule has 0 spiro atoms. The van der Waals surface area contributed by atoms with E-state index in [0.29, 0.717) is 17.8 Å². The molecular formula is C17H15NO3. The molecule has 1 N–H and O–H groups in total. The molecule has 1 amide bonds. The molecule has 0 atom stereocenters. The Morgan fingerprint density at radius 2 is 1.71 bits per heavy atom. The van der Waals surface area contributed by atoms with Gasteiger partial charge in [-0.05, 0) is 43.2 Å². The Kier molecular flexibility index (Phi) is 3.22. The standard InChI is InChI=1S/C17H15NO3/c1-11-2-4-13(5-3-11)16(19)18-9-8-12-6-7-14(17(20)21)10-15(12)18/h2-7,10H,8-9H2,1H3,(H,20,21). The largest absolute Gasteiger partial charge is 0.478 e. The van der Waals surface area contributed by atoms with E-state index in [-0.39, 0.29) is 11.5 Å². The van der Waals surface area contributed by atoms with Gasteiger partial charge in [0.15, 0.2) is 0 Å². The molecule has 2 aromatic rings. The molecular weight excluding hydrogens is 266 g/mol. The normalized spacial score (nSPS) is 13.1. The fraction of sp³-hybridized carbons (Fsp3) is 0.176. The Labute approximate surface area is 122 Å². The van der Waals surface area contributed by atoms with Crippen molar-refractivity contribution in [1.29, 1.82) is 0 Å². The molecule has 0 fully saturated rings. The number of benzene rings is 2. The highest BCUT2D eigenvalue weighted by Crippen LogP contribution is 2.30. The molecule has 0 saturated heterocycles. The van der Waals surface area contributed by atoms with E-state index in [9.17, 15) is 9.59 Å². The maximum Gasteiger partial charge on any atom is 0.335 e. The van der Waals surface area contributed by atoms with Crippen LogP contribution in [-0.4, -0.2) is 23.5 Å². The van der Waals surface area contributed by atoms with Crippen molar-refractivity contribution in [1.82, 2.24) is 0 Å². The Bertz CT molecular complexity index is 719. The highest BCUT2D eigenvalue weighted by atomic mass is 16.4. The van der Waals surface area contributed by atoms with E-state index in [0.717, 1.165) is 17.5 Å². The molecule has 0 unspecified atom stereocenters. The molecule has 106 valence electrons. The van der Waals surface area contributed by atoms with Crippen molar-refractivity contribution in [2.75, 3.05) is 11.4 Å². The third-order valence-corrected chi connectivity index (χ3v) is 3.77. The Morgan fingerprint density at radius 3 is 2.38 bits per heavy atom. The van der Waals surface area contributed by atoms with Crippen LogP contribution in [0.4, 0.5) is 5.69 Å². The van der Waals surface area contributed by atoms with E-state index in [1.54, 1.807) is 35.2 Å². The van der Waals surface area contributed by atoms with Crippen molar-refractivity contribution in [2.45, 2.75) is 13.3 Å². The first kappa shape index (κ1) is 13.4. The second-order valence-corrected chi connectivity index (χ2v) is 5.22. The predicted octanol–water partition coefficient (Wildman–Crippen LogP) is 2.90. The first-order valence-corrected chi connectivity index (χ1v) is 6.81. The molecule has 4 nitrogen and oxygen atoms in total. The van der Waals surface area contributed by atoms with Gasteiger partial charge in [0.2, 0.25) is 0 Å². The van der Waals surface area contributed by atoms with E-state index >= 15 is 0 Å².